The Balaban J connectivity index is 4.54. The number of hydrogen-bond donors (Lipinski definition) is 4. The minimum Gasteiger partial charge on any atom is -0.463 e. The zero-order valence-corrected chi connectivity index (χ0v) is 56.8. The number of ether oxygens (including phenoxy) is 3. The molecule has 0 rings (SSSR count). The van der Waals surface area contributed by atoms with Crippen LogP contribution in [0.1, 0.15) is 252 Å². The van der Waals surface area contributed by atoms with E-state index >= 15 is 0 Å². The number of aliphatic hydroxyl groups excluding tert-OH is 2. The first-order chi connectivity index (χ1) is 43.2. The Labute approximate surface area is 538 Å². The van der Waals surface area contributed by atoms with Crippen LogP contribution in [0.5, 0.6) is 0 Å². The maximum Gasteiger partial charge on any atom is 0.472 e. The molecule has 0 bridgehead atoms. The second-order valence-electron chi connectivity index (χ2n) is 22.2. The van der Waals surface area contributed by atoms with Gasteiger partial charge in [0.25, 0.3) is 0 Å². The van der Waals surface area contributed by atoms with Crippen LogP contribution < -0.4 is 0 Å². The molecule has 0 amide bonds. The molecule has 0 aliphatic carbocycles. The van der Waals surface area contributed by atoms with E-state index in [2.05, 4.69) is 142 Å². The fourth-order valence-corrected chi connectivity index (χ4v) is 10.1. The van der Waals surface area contributed by atoms with Gasteiger partial charge in [-0.05, 0) is 122 Å². The van der Waals surface area contributed by atoms with Crippen molar-refractivity contribution in [1.29, 1.82) is 0 Å². The van der Waals surface area contributed by atoms with E-state index in [4.69, 9.17) is 32.3 Å². The number of esters is 3. The van der Waals surface area contributed by atoms with Crippen LogP contribution in [0.3, 0.4) is 0 Å². The van der Waals surface area contributed by atoms with Gasteiger partial charge >= 0.3 is 33.6 Å². The van der Waals surface area contributed by atoms with Gasteiger partial charge < -0.3 is 34.2 Å². The molecule has 5 unspecified atom stereocenters. The lowest BCUT2D eigenvalue weighted by atomic mass is 10.1. The van der Waals surface area contributed by atoms with Gasteiger partial charge in [-0.3, -0.25) is 32.5 Å². The average Bonchev–Trinajstić information content (AvgIpc) is 3.52. The molecule has 0 fully saturated rings. The van der Waals surface area contributed by atoms with Crippen molar-refractivity contribution in [1.82, 2.24) is 0 Å². The Hall–Kier alpha value is -4.05. The molecule has 5 atom stereocenters. The summed E-state index contributed by atoms with van der Waals surface area (Å²) in [5, 5.41) is 20.5. The molecule has 510 valence electrons. The summed E-state index contributed by atoms with van der Waals surface area (Å²) in [6.07, 6.45) is 72.7. The predicted molar refractivity (Wildman–Crippen MR) is 362 cm³/mol. The quantitative estimate of drug-likeness (QED) is 0.0146. The van der Waals surface area contributed by atoms with Crippen molar-refractivity contribution in [3.8, 4) is 0 Å². The number of aliphatic hydroxyl groups is 2. The summed E-state index contributed by atoms with van der Waals surface area (Å²) in [7, 11) is -9.78. The van der Waals surface area contributed by atoms with E-state index in [9.17, 15) is 43.5 Å². The van der Waals surface area contributed by atoms with Crippen molar-refractivity contribution in [3.63, 3.8) is 0 Å². The van der Waals surface area contributed by atoms with Gasteiger partial charge in [-0.2, -0.15) is 0 Å². The van der Waals surface area contributed by atoms with Crippen LogP contribution in [0.2, 0.25) is 0 Å². The summed E-state index contributed by atoms with van der Waals surface area (Å²) in [5.41, 5.74) is 0. The summed E-state index contributed by atoms with van der Waals surface area (Å²) in [6.45, 7) is 2.33. The van der Waals surface area contributed by atoms with Gasteiger partial charge in [-0.1, -0.05) is 232 Å². The second kappa shape index (κ2) is 64.1. The molecular weight excluding hydrogens is 1170 g/mol. The second-order valence-corrected chi connectivity index (χ2v) is 25.1. The van der Waals surface area contributed by atoms with E-state index in [0.717, 1.165) is 154 Å². The topological polar surface area (TPSA) is 231 Å². The van der Waals surface area contributed by atoms with E-state index in [1.165, 1.54) is 38.5 Å². The Morgan fingerprint density at radius 3 is 0.955 bits per heavy atom. The zero-order chi connectivity index (χ0) is 65.3. The molecule has 89 heavy (non-hydrogen) atoms. The third kappa shape index (κ3) is 65.3. The molecule has 0 spiro atoms. The predicted octanol–water partition coefficient (Wildman–Crippen LogP) is 18.6. The Kier molecular flexibility index (Phi) is 61.2. The summed E-state index contributed by atoms with van der Waals surface area (Å²) in [6, 6.07) is 0. The molecule has 0 aromatic carbocycles. The first kappa shape index (κ1) is 85.0. The molecule has 0 aromatic rings. The van der Waals surface area contributed by atoms with E-state index in [1.54, 1.807) is 0 Å². The van der Waals surface area contributed by atoms with Gasteiger partial charge in [0.1, 0.15) is 25.4 Å². The van der Waals surface area contributed by atoms with Crippen LogP contribution in [0.25, 0.3) is 0 Å². The van der Waals surface area contributed by atoms with Gasteiger partial charge in [-0.15, -0.1) is 0 Å². The highest BCUT2D eigenvalue weighted by molar-refractivity contribution is 7.47. The minimum absolute atomic E-state index is 0.0859. The summed E-state index contributed by atoms with van der Waals surface area (Å²) in [4.78, 5) is 58.3. The molecular formula is C71H120O16P2. The lowest BCUT2D eigenvalue weighted by molar-refractivity contribution is -0.161. The molecule has 4 N–H and O–H groups in total. The van der Waals surface area contributed by atoms with Gasteiger partial charge in [-0.25, -0.2) is 9.13 Å². The lowest BCUT2D eigenvalue weighted by Gasteiger charge is -2.21. The number of rotatable bonds is 63. The molecule has 0 saturated carbocycles. The van der Waals surface area contributed by atoms with Crippen molar-refractivity contribution < 1.29 is 75.8 Å². The molecule has 16 nitrogen and oxygen atoms in total. The number of hydrogen-bond acceptors (Lipinski definition) is 14. The standard InChI is InChI=1S/C71H120O16P2/c1-4-7-10-13-16-19-22-24-26-28-29-30-31-32-33-34-35-37-39-40-43-45-48-51-54-57-69(74)81-60-66(72)61-83-88(77,78)84-62-67(73)63-85-89(79,80)86-65-68(87-71(76)59-56-53-50-47-42-21-18-15-12-9-6-3)64-82-70(75)58-55-52-49-46-44-41-38-36-27-25-23-20-17-14-11-8-5-2/h7-8,10-11,15-20,24-27,29-30,32-33,38,41,66-68,72-73H,4-6,9,12-14,21-23,28,31,34-37,39-40,42-65H2,1-3H3,(H,77,78)(H,79,80)/b10-7-,11-8-,18-15-,19-16-,20-17-,26-24-,27-25-,30-29-,33-32-,41-38-. The summed E-state index contributed by atoms with van der Waals surface area (Å²) < 4.78 is 60.8. The van der Waals surface area contributed by atoms with Crippen molar-refractivity contribution in [2.24, 2.45) is 0 Å². The molecule has 0 aliphatic rings. The highest BCUT2D eigenvalue weighted by atomic mass is 31.2. The Bertz CT molecular complexity index is 2110. The van der Waals surface area contributed by atoms with Gasteiger partial charge in [0.05, 0.1) is 26.4 Å². The maximum atomic E-state index is 12.9. The van der Waals surface area contributed by atoms with Crippen LogP contribution in [-0.4, -0.2) is 95.9 Å². The smallest absolute Gasteiger partial charge is 0.463 e. The minimum atomic E-state index is -4.93. The number of carbonyl (C=O) groups is 3. The van der Waals surface area contributed by atoms with E-state index < -0.39 is 91.5 Å². The third-order valence-electron chi connectivity index (χ3n) is 13.7. The fourth-order valence-electron chi connectivity index (χ4n) is 8.51. The molecule has 0 heterocycles. The SMILES string of the molecule is CC/C=C\C/C=C\C/C=C\C/C=C\C/C=C\CCCCCCCCCCCC(=O)OCC(O)COP(=O)(O)OCC(O)COP(=O)(O)OCC(COC(=O)CCCCCC/C=C\C/C=C\C/C=C\C/C=C\CC)OC(=O)CCCCCCC/C=C\CCCC. The van der Waals surface area contributed by atoms with Crippen molar-refractivity contribution >= 4 is 33.6 Å². The number of carbonyl (C=O) groups excluding carboxylic acids is 3. The Morgan fingerprint density at radius 1 is 0.326 bits per heavy atom. The summed E-state index contributed by atoms with van der Waals surface area (Å²) >= 11 is 0. The molecule has 0 aromatic heterocycles. The van der Waals surface area contributed by atoms with Crippen LogP contribution in [0, 0.1) is 0 Å². The van der Waals surface area contributed by atoms with Crippen molar-refractivity contribution in [2.45, 2.75) is 270 Å². The highest BCUT2D eigenvalue weighted by Crippen LogP contribution is 2.45. The molecule has 0 aliphatic heterocycles. The number of phosphoric ester groups is 2. The average molecular weight is 1290 g/mol. The first-order valence-corrected chi connectivity index (χ1v) is 36.8. The van der Waals surface area contributed by atoms with Crippen LogP contribution in [0.15, 0.2) is 122 Å². The molecule has 0 radical (unpaired) electrons. The fraction of sp³-hybridized carbons (Fsp3) is 0.676. The maximum absolute atomic E-state index is 12.9. The third-order valence-corrected chi connectivity index (χ3v) is 15.6. The van der Waals surface area contributed by atoms with Gasteiger partial charge in [0.15, 0.2) is 6.10 Å². The Morgan fingerprint density at radius 2 is 0.596 bits per heavy atom. The van der Waals surface area contributed by atoms with Crippen molar-refractivity contribution in [3.05, 3.63) is 122 Å². The monoisotopic (exact) mass is 1290 g/mol. The van der Waals surface area contributed by atoms with Gasteiger partial charge in [0.2, 0.25) is 0 Å². The number of allylic oxidation sites excluding steroid dienone is 20. The number of phosphoric acid groups is 2. The van der Waals surface area contributed by atoms with Gasteiger partial charge in [0, 0.05) is 19.3 Å². The summed E-state index contributed by atoms with van der Waals surface area (Å²) in [5.74, 6) is -1.62. The highest BCUT2D eigenvalue weighted by Gasteiger charge is 2.29. The van der Waals surface area contributed by atoms with E-state index in [0.29, 0.717) is 19.3 Å². The van der Waals surface area contributed by atoms with E-state index in [-0.39, 0.29) is 19.3 Å². The van der Waals surface area contributed by atoms with E-state index in [1.807, 2.05) is 0 Å². The van der Waals surface area contributed by atoms with Crippen LogP contribution in [0.4, 0.5) is 0 Å². The zero-order valence-electron chi connectivity index (χ0n) is 55.1. The normalized spacial score (nSPS) is 15.0. The lowest BCUT2D eigenvalue weighted by Crippen LogP contribution is -2.30. The molecule has 18 heteroatoms. The first-order valence-electron chi connectivity index (χ1n) is 33.8. The molecule has 0 saturated heterocycles. The van der Waals surface area contributed by atoms with Crippen molar-refractivity contribution in [2.75, 3.05) is 39.6 Å². The van der Waals surface area contributed by atoms with Crippen LogP contribution in [-0.2, 0) is 55.8 Å². The number of unbranched alkanes of at least 4 members (excludes halogenated alkanes) is 20. The largest absolute Gasteiger partial charge is 0.472 e. The van der Waals surface area contributed by atoms with Crippen LogP contribution >= 0.6 is 15.6 Å².